The van der Waals surface area contributed by atoms with Crippen LogP contribution >= 0.6 is 11.6 Å². The van der Waals surface area contributed by atoms with Gasteiger partial charge in [0, 0.05) is 5.02 Å². The van der Waals surface area contributed by atoms with Gasteiger partial charge in [0.15, 0.2) is 0 Å². The molecule has 0 radical (unpaired) electrons. The Hall–Kier alpha value is -1.56. The number of aliphatic hydroxyl groups excluding tert-OH is 1. The second-order valence-corrected chi connectivity index (χ2v) is 6.91. The molecule has 0 saturated carbocycles. The molecule has 2 N–H and O–H groups in total. The number of benzene rings is 2. The van der Waals surface area contributed by atoms with Gasteiger partial charge in [0.05, 0.1) is 17.2 Å². The van der Waals surface area contributed by atoms with Gasteiger partial charge in [-0.05, 0) is 54.8 Å². The second kappa shape index (κ2) is 6.05. The molecule has 2 rings (SSSR count). The van der Waals surface area contributed by atoms with Gasteiger partial charge < -0.3 is 5.11 Å². The summed E-state index contributed by atoms with van der Waals surface area (Å²) in [6.07, 6.45) is 0. The number of halogens is 1. The zero-order chi connectivity index (χ0) is 15.6. The number of anilines is 1. The van der Waals surface area contributed by atoms with Crippen LogP contribution in [-0.2, 0) is 16.6 Å². The highest BCUT2D eigenvalue weighted by Crippen LogP contribution is 2.24. The SMILES string of the molecule is Cc1cc(C)c(S(=O)(=O)Nc2cccc(Cl)c2)cc1CO. The molecule has 0 unspecified atom stereocenters. The van der Waals surface area contributed by atoms with Crippen molar-refractivity contribution in [2.45, 2.75) is 25.3 Å². The van der Waals surface area contributed by atoms with Crippen molar-refractivity contribution in [1.29, 1.82) is 0 Å². The molecule has 21 heavy (non-hydrogen) atoms. The van der Waals surface area contributed by atoms with Crippen molar-refractivity contribution in [1.82, 2.24) is 0 Å². The third kappa shape index (κ3) is 3.56. The fraction of sp³-hybridized carbons (Fsp3) is 0.200. The summed E-state index contributed by atoms with van der Waals surface area (Å²) in [5.74, 6) is 0. The number of aryl methyl sites for hydroxylation is 2. The summed E-state index contributed by atoms with van der Waals surface area (Å²) in [4.78, 5) is 0.150. The first-order valence-corrected chi connectivity index (χ1v) is 8.19. The summed E-state index contributed by atoms with van der Waals surface area (Å²) in [6, 6.07) is 9.74. The first-order chi connectivity index (χ1) is 9.83. The largest absolute Gasteiger partial charge is 0.392 e. The minimum Gasteiger partial charge on any atom is -0.392 e. The summed E-state index contributed by atoms with van der Waals surface area (Å²) in [6.45, 7) is 3.35. The van der Waals surface area contributed by atoms with Gasteiger partial charge >= 0.3 is 0 Å². The molecule has 6 heteroatoms. The van der Waals surface area contributed by atoms with Crippen LogP contribution in [0.2, 0.25) is 5.02 Å². The summed E-state index contributed by atoms with van der Waals surface area (Å²) < 4.78 is 27.4. The van der Waals surface area contributed by atoms with Crippen LogP contribution in [0.3, 0.4) is 0 Å². The number of hydrogen-bond donors (Lipinski definition) is 2. The van der Waals surface area contributed by atoms with E-state index in [1.54, 1.807) is 31.2 Å². The smallest absolute Gasteiger partial charge is 0.262 e. The fourth-order valence-electron chi connectivity index (χ4n) is 2.10. The molecule has 0 aliphatic rings. The maximum absolute atomic E-state index is 12.5. The highest BCUT2D eigenvalue weighted by atomic mass is 35.5. The highest BCUT2D eigenvalue weighted by Gasteiger charge is 2.18. The van der Waals surface area contributed by atoms with Gasteiger partial charge in [-0.3, -0.25) is 4.72 Å². The summed E-state index contributed by atoms with van der Waals surface area (Å²) in [5.41, 5.74) is 2.47. The molecule has 0 aliphatic carbocycles. The summed E-state index contributed by atoms with van der Waals surface area (Å²) in [5, 5.41) is 9.74. The van der Waals surface area contributed by atoms with Crippen molar-refractivity contribution >= 4 is 27.3 Å². The van der Waals surface area contributed by atoms with Gasteiger partial charge in [0.2, 0.25) is 0 Å². The molecule has 0 amide bonds. The Bertz CT molecular complexity index is 772. The van der Waals surface area contributed by atoms with E-state index in [4.69, 9.17) is 11.6 Å². The van der Waals surface area contributed by atoms with Gasteiger partial charge in [0.1, 0.15) is 0 Å². The Morgan fingerprint density at radius 3 is 2.48 bits per heavy atom. The standard InChI is InChI=1S/C15H16ClNO3S/c1-10-6-11(2)15(7-12(10)9-18)21(19,20)17-14-5-3-4-13(16)8-14/h3-8,17-18H,9H2,1-2H3. The van der Waals surface area contributed by atoms with Crippen molar-refractivity contribution in [2.24, 2.45) is 0 Å². The van der Waals surface area contributed by atoms with Crippen LogP contribution in [0.1, 0.15) is 16.7 Å². The monoisotopic (exact) mass is 325 g/mol. The highest BCUT2D eigenvalue weighted by molar-refractivity contribution is 7.92. The Balaban J connectivity index is 2.44. The molecule has 2 aromatic rings. The molecule has 0 bridgehead atoms. The fourth-order valence-corrected chi connectivity index (χ4v) is 3.61. The summed E-state index contributed by atoms with van der Waals surface area (Å²) in [7, 11) is -3.73. The van der Waals surface area contributed by atoms with Gasteiger partial charge in [-0.25, -0.2) is 8.42 Å². The average Bonchev–Trinajstić information content (AvgIpc) is 2.37. The molecule has 4 nitrogen and oxygen atoms in total. The van der Waals surface area contributed by atoms with Gasteiger partial charge in [-0.1, -0.05) is 23.7 Å². The number of nitrogens with one attached hydrogen (secondary N) is 1. The molecule has 0 atom stereocenters. The van der Waals surface area contributed by atoms with Crippen LogP contribution in [0.25, 0.3) is 0 Å². The number of aliphatic hydroxyl groups is 1. The van der Waals surface area contributed by atoms with E-state index in [1.807, 2.05) is 6.92 Å². The predicted octanol–water partition coefficient (Wildman–Crippen LogP) is 3.25. The topological polar surface area (TPSA) is 66.4 Å². The molecule has 0 heterocycles. The van der Waals surface area contributed by atoms with Crippen molar-refractivity contribution in [3.63, 3.8) is 0 Å². The Morgan fingerprint density at radius 1 is 1.14 bits per heavy atom. The lowest BCUT2D eigenvalue weighted by Crippen LogP contribution is -2.15. The van der Waals surface area contributed by atoms with E-state index in [0.717, 1.165) is 5.56 Å². The van der Waals surface area contributed by atoms with Crippen molar-refractivity contribution in [3.8, 4) is 0 Å². The van der Waals surface area contributed by atoms with Crippen molar-refractivity contribution in [2.75, 3.05) is 4.72 Å². The van der Waals surface area contributed by atoms with E-state index in [2.05, 4.69) is 4.72 Å². The van der Waals surface area contributed by atoms with E-state index < -0.39 is 10.0 Å². The molecule has 0 spiro atoms. The zero-order valence-corrected chi connectivity index (χ0v) is 13.3. The predicted molar refractivity (Wildman–Crippen MR) is 84.1 cm³/mol. The van der Waals surface area contributed by atoms with E-state index in [1.165, 1.54) is 12.1 Å². The van der Waals surface area contributed by atoms with Gasteiger partial charge in [-0.2, -0.15) is 0 Å². The van der Waals surface area contributed by atoms with Crippen molar-refractivity contribution in [3.05, 3.63) is 58.1 Å². The van der Waals surface area contributed by atoms with Crippen LogP contribution < -0.4 is 4.72 Å². The third-order valence-corrected chi connectivity index (χ3v) is 4.93. The first kappa shape index (κ1) is 15.8. The van der Waals surface area contributed by atoms with E-state index in [9.17, 15) is 13.5 Å². The van der Waals surface area contributed by atoms with Crippen LogP contribution in [0.15, 0.2) is 41.3 Å². The Kier molecular flexibility index (Phi) is 4.56. The van der Waals surface area contributed by atoms with Crippen LogP contribution in [0, 0.1) is 13.8 Å². The quantitative estimate of drug-likeness (QED) is 0.906. The van der Waals surface area contributed by atoms with Gasteiger partial charge in [0.25, 0.3) is 10.0 Å². The van der Waals surface area contributed by atoms with Crippen LogP contribution in [-0.4, -0.2) is 13.5 Å². The molecule has 0 aromatic heterocycles. The average molecular weight is 326 g/mol. The molecule has 112 valence electrons. The summed E-state index contributed by atoms with van der Waals surface area (Å²) >= 11 is 5.85. The Labute approximate surface area is 129 Å². The van der Waals surface area contributed by atoms with Gasteiger partial charge in [-0.15, -0.1) is 0 Å². The third-order valence-electron chi connectivity index (χ3n) is 3.17. The maximum atomic E-state index is 12.5. The minimum atomic E-state index is -3.73. The lowest BCUT2D eigenvalue weighted by Gasteiger charge is -2.13. The van der Waals surface area contributed by atoms with Crippen LogP contribution in [0.5, 0.6) is 0 Å². The van der Waals surface area contributed by atoms with Crippen molar-refractivity contribution < 1.29 is 13.5 Å². The lowest BCUT2D eigenvalue weighted by molar-refractivity contribution is 0.280. The zero-order valence-electron chi connectivity index (χ0n) is 11.7. The molecule has 2 aromatic carbocycles. The van der Waals surface area contributed by atoms with E-state index in [0.29, 0.717) is 21.8 Å². The van der Waals surface area contributed by atoms with E-state index >= 15 is 0 Å². The molecular weight excluding hydrogens is 310 g/mol. The molecular formula is C15H16ClNO3S. The second-order valence-electron chi connectivity index (χ2n) is 4.82. The maximum Gasteiger partial charge on any atom is 0.262 e. The number of hydrogen-bond acceptors (Lipinski definition) is 3. The molecule has 0 aliphatic heterocycles. The van der Waals surface area contributed by atoms with E-state index in [-0.39, 0.29) is 11.5 Å². The van der Waals surface area contributed by atoms with Crippen LogP contribution in [0.4, 0.5) is 5.69 Å². The lowest BCUT2D eigenvalue weighted by atomic mass is 10.1. The molecule has 0 fully saturated rings. The number of rotatable bonds is 4. The molecule has 0 saturated heterocycles. The minimum absolute atomic E-state index is 0.150. The Morgan fingerprint density at radius 2 is 1.86 bits per heavy atom. The number of sulfonamides is 1. The normalized spacial score (nSPS) is 11.4. The first-order valence-electron chi connectivity index (χ1n) is 6.33.